The van der Waals surface area contributed by atoms with Gasteiger partial charge < -0.3 is 60.4 Å². The van der Waals surface area contributed by atoms with Crippen LogP contribution in [0.2, 0.25) is 0 Å². The van der Waals surface area contributed by atoms with E-state index in [4.69, 9.17) is 30.2 Å². The predicted octanol–water partition coefficient (Wildman–Crippen LogP) is 6.79. The molecule has 82 heavy (non-hydrogen) atoms. The van der Waals surface area contributed by atoms with Crippen molar-refractivity contribution in [2.45, 2.75) is 139 Å². The molecule has 5 fully saturated rings. The van der Waals surface area contributed by atoms with Crippen LogP contribution in [-0.2, 0) is 19.1 Å². The Bertz CT molecular complexity index is 3170. The van der Waals surface area contributed by atoms with Crippen molar-refractivity contribution in [1.29, 1.82) is 0 Å². The number of nitrogens with two attached hydrogens (primary N) is 2. The summed E-state index contributed by atoms with van der Waals surface area (Å²) in [5.74, 6) is -0.396. The number of aromatic nitrogens is 5. The molecule has 4 aromatic heterocycles. The molecule has 434 valence electrons. The lowest BCUT2D eigenvalue weighted by Gasteiger charge is -2.43. The van der Waals surface area contributed by atoms with Crippen LogP contribution in [0.15, 0.2) is 89.0 Å². The molecule has 3 amide bonds. The van der Waals surface area contributed by atoms with Gasteiger partial charge in [0.2, 0.25) is 23.6 Å². The number of ether oxygens (including phenoxy) is 3. The van der Waals surface area contributed by atoms with Gasteiger partial charge in [-0.2, -0.15) is 0 Å². The van der Waals surface area contributed by atoms with Crippen LogP contribution in [0.4, 0.5) is 17.2 Å². The van der Waals surface area contributed by atoms with E-state index in [0.717, 1.165) is 97.8 Å². The number of nitrogens with zero attached hydrogens (tertiary/aromatic N) is 9. The number of anilines is 3. The van der Waals surface area contributed by atoms with Crippen LogP contribution in [-0.4, -0.2) is 151 Å². The van der Waals surface area contributed by atoms with E-state index in [0.29, 0.717) is 54.7 Å². The second-order valence-electron chi connectivity index (χ2n) is 22.9. The van der Waals surface area contributed by atoms with Crippen molar-refractivity contribution in [3.8, 4) is 39.2 Å². The van der Waals surface area contributed by atoms with E-state index in [9.17, 15) is 24.6 Å². The number of aromatic hydroxyl groups is 1. The number of aryl methyl sites for hydroxylation is 1. The number of amides is 3. The molecular weight excluding hydrogens is 1060 g/mol. The molecule has 4 aliphatic heterocycles. The van der Waals surface area contributed by atoms with E-state index in [1.807, 2.05) is 74.9 Å². The molecule has 6 aromatic rings. The van der Waals surface area contributed by atoms with E-state index >= 15 is 0 Å². The largest absolute Gasteiger partial charge is 0.507 e. The highest BCUT2D eigenvalue weighted by molar-refractivity contribution is 7.13. The number of piperidine rings is 1. The number of phenols is 1. The van der Waals surface area contributed by atoms with Crippen LogP contribution >= 0.6 is 11.3 Å². The molecule has 0 radical (unpaired) electrons. The van der Waals surface area contributed by atoms with Crippen LogP contribution < -0.4 is 36.1 Å². The molecule has 1 aliphatic carbocycles. The Morgan fingerprint density at radius 2 is 1.66 bits per heavy atom. The highest BCUT2D eigenvalue weighted by atomic mass is 32.1. The van der Waals surface area contributed by atoms with E-state index in [2.05, 4.69) is 57.5 Å². The average molecular weight is 1140 g/mol. The minimum absolute atomic E-state index is 0.00474. The first kappa shape index (κ1) is 56.5. The van der Waals surface area contributed by atoms with Crippen molar-refractivity contribution in [2.24, 2.45) is 11.7 Å². The number of nitrogen functional groups attached to an aromatic ring is 1. The first-order valence-corrected chi connectivity index (χ1v) is 29.7. The van der Waals surface area contributed by atoms with Crippen molar-refractivity contribution in [1.82, 2.24) is 40.4 Å². The summed E-state index contributed by atoms with van der Waals surface area (Å²) in [5, 5.41) is 37.2. The van der Waals surface area contributed by atoms with Crippen molar-refractivity contribution in [3.63, 3.8) is 0 Å². The van der Waals surface area contributed by atoms with Crippen LogP contribution in [0.5, 0.6) is 17.5 Å². The molecule has 8 heterocycles. The number of carbonyl (C=O) groups is 3. The van der Waals surface area contributed by atoms with Gasteiger partial charge in [0, 0.05) is 107 Å². The molecule has 11 rings (SSSR count). The molecule has 2 unspecified atom stereocenters. The number of likely N-dealkylation sites (tertiary alicyclic amines) is 2. The summed E-state index contributed by atoms with van der Waals surface area (Å²) in [7, 11) is 0. The van der Waals surface area contributed by atoms with Gasteiger partial charge in [0.05, 0.1) is 51.8 Å². The third-order valence-corrected chi connectivity index (χ3v) is 17.9. The Morgan fingerprint density at radius 3 is 2.38 bits per heavy atom. The maximum atomic E-state index is 14.4. The lowest BCUT2D eigenvalue weighted by atomic mass is 9.91. The monoisotopic (exact) mass is 1140 g/mol. The Balaban J connectivity index is 0.613. The number of para-hydroxylation sites is 1. The Morgan fingerprint density at radius 1 is 0.890 bits per heavy atom. The number of hydrogen-bond acceptors (Lipinski definition) is 19. The molecule has 21 nitrogen and oxygen atoms in total. The number of fused-ring (bicyclic) bond motifs is 2. The molecule has 6 atom stereocenters. The highest BCUT2D eigenvalue weighted by Crippen LogP contribution is 2.41. The summed E-state index contributed by atoms with van der Waals surface area (Å²) >= 11 is 1.56. The highest BCUT2D eigenvalue weighted by Gasteiger charge is 2.45. The summed E-state index contributed by atoms with van der Waals surface area (Å²) in [6, 6.07) is 21.9. The first-order valence-electron chi connectivity index (χ1n) is 28.8. The van der Waals surface area contributed by atoms with Crippen LogP contribution in [0.25, 0.3) is 21.7 Å². The number of aliphatic hydroxyl groups excluding tert-OH is 1. The van der Waals surface area contributed by atoms with Crippen LogP contribution in [0, 0.1) is 12.8 Å². The smallest absolute Gasteiger partial charge is 0.254 e. The molecule has 22 heteroatoms. The lowest BCUT2D eigenvalue weighted by molar-refractivity contribution is -0.141. The van der Waals surface area contributed by atoms with Gasteiger partial charge in [0.1, 0.15) is 30.4 Å². The number of β-amino-alcohol motifs (C(OH)–C–C–N with tert-alkyl or cyclic N) is 1. The van der Waals surface area contributed by atoms with Crippen molar-refractivity contribution in [2.75, 3.05) is 61.4 Å². The molecular formula is C60H74N12O9S. The summed E-state index contributed by atoms with van der Waals surface area (Å²) in [4.78, 5) is 58.9. The molecule has 2 bridgehead atoms. The summed E-state index contributed by atoms with van der Waals surface area (Å²) < 4.78 is 24.8. The minimum atomic E-state index is -0.926. The number of pyridine rings is 1. The minimum Gasteiger partial charge on any atom is -0.507 e. The molecule has 2 aromatic carbocycles. The van der Waals surface area contributed by atoms with E-state index in [1.54, 1.807) is 29.5 Å². The maximum absolute atomic E-state index is 14.4. The quantitative estimate of drug-likeness (QED) is 0.0468. The number of aliphatic hydroxyl groups is 1. The Labute approximate surface area is 481 Å². The van der Waals surface area contributed by atoms with Crippen LogP contribution in [0.3, 0.4) is 0 Å². The molecule has 7 N–H and O–H groups in total. The number of nitrogens with one attached hydrogen (secondary N) is 1. The molecule has 5 aliphatic rings. The molecule has 1 saturated carbocycles. The maximum Gasteiger partial charge on any atom is 0.254 e. The van der Waals surface area contributed by atoms with E-state index in [1.165, 1.54) is 4.90 Å². The first-order chi connectivity index (χ1) is 39.7. The second kappa shape index (κ2) is 25.0. The van der Waals surface area contributed by atoms with Gasteiger partial charge >= 0.3 is 0 Å². The third kappa shape index (κ3) is 12.8. The van der Waals surface area contributed by atoms with Crippen molar-refractivity contribution in [3.05, 3.63) is 102 Å². The van der Waals surface area contributed by atoms with Gasteiger partial charge in [-0.05, 0) is 91.9 Å². The Hall–Kier alpha value is -7.40. The van der Waals surface area contributed by atoms with Gasteiger partial charge in [0.25, 0.3) is 5.88 Å². The number of benzene rings is 2. The second-order valence-corrected chi connectivity index (χ2v) is 23.8. The number of hydrogen-bond donors (Lipinski definition) is 5. The van der Waals surface area contributed by atoms with Crippen molar-refractivity contribution < 1.29 is 43.3 Å². The zero-order valence-electron chi connectivity index (χ0n) is 46.7. The average Bonchev–Trinajstić information content (AvgIpc) is 4.41. The number of piperazine rings is 1. The van der Waals surface area contributed by atoms with Gasteiger partial charge in [0.15, 0.2) is 11.6 Å². The van der Waals surface area contributed by atoms with E-state index in [-0.39, 0.29) is 73.2 Å². The zero-order chi connectivity index (χ0) is 57.0. The van der Waals surface area contributed by atoms with E-state index < -0.39 is 35.9 Å². The number of phenolic OH excluding ortho intramolecular Hbond substituents is 1. The lowest BCUT2D eigenvalue weighted by Crippen LogP contribution is -2.54. The number of primary amides is 1. The normalized spacial score (nSPS) is 22.7. The SMILES string of the molecule is Cc1ncsc1-c1ccc([C@H](CCCC(N)=O)NC(=O)[C@@H]2C[C@@H](O)CN2C(=O)[C@@H](c2cc(OCCN3CCC(O[C@H]4C[C@H](Oc5cc(N6C7CCC6CN(c6cc(-c8ccccc8O)nnc6N)C7)ccn5)C4)CC3)no2)C(C)C)cc1. The topological polar surface area (TPSA) is 274 Å². The summed E-state index contributed by atoms with van der Waals surface area (Å²) in [5.41, 5.74) is 19.6. The van der Waals surface area contributed by atoms with Crippen LogP contribution in [0.1, 0.15) is 107 Å². The summed E-state index contributed by atoms with van der Waals surface area (Å²) in [6.07, 6.45) is 8.05. The number of carbonyl (C=O) groups excluding carboxylic acids is 3. The fourth-order valence-corrected chi connectivity index (χ4v) is 13.4. The van der Waals surface area contributed by atoms with Crippen molar-refractivity contribution >= 4 is 46.3 Å². The van der Waals surface area contributed by atoms with Gasteiger partial charge in [-0.3, -0.25) is 19.3 Å². The predicted molar refractivity (Wildman–Crippen MR) is 309 cm³/mol. The molecule has 0 spiro atoms. The van der Waals surface area contributed by atoms with Gasteiger partial charge in [-0.15, -0.1) is 21.5 Å². The Kier molecular flexibility index (Phi) is 17.2. The summed E-state index contributed by atoms with van der Waals surface area (Å²) in [6.45, 7) is 10.1. The number of thiazole rings is 1. The van der Waals surface area contributed by atoms with Gasteiger partial charge in [-0.1, -0.05) is 50.2 Å². The fraction of sp³-hybridized carbons (Fsp3) is 0.500. The van der Waals surface area contributed by atoms with Gasteiger partial charge in [-0.25, -0.2) is 9.97 Å². The fourth-order valence-electron chi connectivity index (χ4n) is 12.6. The molecule has 4 saturated heterocycles. The standard InChI is InChI=1S/C60H74N12O9S/c1-35(2)56(60(77)71-33-42(73)26-50(71)59(76)65-47(8-6-10-53(61)75)37-11-13-38(14-12-37)57-36(3)64-34-82-57)52-30-55(68-81-52)78-24-23-69-21-18-43(19-22-69)79-44-27-45(28-44)80-54-25-39(17-20-63-54)72-40-15-16-41(72)32-70(31-40)49-29-48(66-67-58(49)62)46-7-4-5-9-51(46)74/h4-5,7,9,11-14,17,20,25,29-30,34-35,40-45,47,50,56,73-74H,6,8,10,15-16,18-19,21-24,26-28,31-33H2,1-3H3,(H2,61,75)(H2,62,67)(H,65,76)/t40?,41?,42-,44-,45-,47+,50+,56-/m1/s1. The zero-order valence-corrected chi connectivity index (χ0v) is 47.5. The number of rotatable bonds is 22. The third-order valence-electron chi connectivity index (χ3n) is 16.9.